The first kappa shape index (κ1) is 31.4. The maximum atomic E-state index is 11.3. The standard InChI is InChI=1S/C27H52N9O3P/c1-21-20-36(15-14-35(21)16-17-40(37,38)39)27-33-25(28)32-26(34-27)31-19-23-10-8-22(9-11-23)18-29-12-5-13-30-24-6-3-2-4-7-24/h21-24,29-30H,2-20H2,1H3,(H2,37,38,39)(H3,28,31,32,33,34)/t21-,22-,23-/m1/s1. The summed E-state index contributed by atoms with van der Waals surface area (Å²) in [5, 5.41) is 10.8. The van der Waals surface area contributed by atoms with Crippen LogP contribution in [0.4, 0.5) is 17.8 Å². The zero-order valence-corrected chi connectivity index (χ0v) is 25.2. The number of aromatic nitrogens is 3. The molecule has 1 atom stereocenters. The van der Waals surface area contributed by atoms with Gasteiger partial charge in [0.15, 0.2) is 0 Å². The number of piperazine rings is 1. The van der Waals surface area contributed by atoms with Crippen LogP contribution >= 0.6 is 7.60 Å². The molecule has 2 aliphatic carbocycles. The molecule has 3 fully saturated rings. The molecule has 2 heterocycles. The highest BCUT2D eigenvalue weighted by molar-refractivity contribution is 7.51. The third-order valence-electron chi connectivity index (χ3n) is 8.88. The van der Waals surface area contributed by atoms with E-state index in [1.54, 1.807) is 0 Å². The lowest BCUT2D eigenvalue weighted by Crippen LogP contribution is -2.53. The van der Waals surface area contributed by atoms with Crippen LogP contribution in [-0.4, -0.2) is 100 Å². The van der Waals surface area contributed by atoms with Gasteiger partial charge in [-0.3, -0.25) is 9.46 Å². The Morgan fingerprint density at radius 3 is 2.38 bits per heavy atom. The highest BCUT2D eigenvalue weighted by Gasteiger charge is 2.28. The largest absolute Gasteiger partial charge is 0.368 e. The zero-order valence-electron chi connectivity index (χ0n) is 24.3. The van der Waals surface area contributed by atoms with E-state index in [0.29, 0.717) is 44.0 Å². The molecule has 0 unspecified atom stereocenters. The molecule has 1 aliphatic heterocycles. The Kier molecular flexibility index (Phi) is 12.2. The number of nitrogens with two attached hydrogens (primary N) is 1. The molecular weight excluding hydrogens is 529 g/mol. The molecule has 0 spiro atoms. The van der Waals surface area contributed by atoms with Crippen LogP contribution in [0.15, 0.2) is 0 Å². The lowest BCUT2D eigenvalue weighted by Gasteiger charge is -2.39. The Balaban J connectivity index is 1.11. The van der Waals surface area contributed by atoms with Crippen LogP contribution in [0.1, 0.15) is 71.1 Å². The van der Waals surface area contributed by atoms with Gasteiger partial charge in [0, 0.05) is 44.8 Å². The third-order valence-corrected chi connectivity index (χ3v) is 9.67. The summed E-state index contributed by atoms with van der Waals surface area (Å²) in [5.41, 5.74) is 6.03. The van der Waals surface area contributed by atoms with Crippen LogP contribution in [0.25, 0.3) is 0 Å². The van der Waals surface area contributed by atoms with Crippen LogP contribution < -0.4 is 26.6 Å². The summed E-state index contributed by atoms with van der Waals surface area (Å²) in [7, 11) is -4.00. The van der Waals surface area contributed by atoms with Gasteiger partial charge >= 0.3 is 7.60 Å². The highest BCUT2D eigenvalue weighted by atomic mass is 31.2. The lowest BCUT2D eigenvalue weighted by atomic mass is 9.82. The first-order valence-electron chi connectivity index (χ1n) is 15.5. The topological polar surface area (TPSA) is 165 Å². The molecule has 228 valence electrons. The van der Waals surface area contributed by atoms with Crippen molar-refractivity contribution in [2.24, 2.45) is 11.8 Å². The van der Waals surface area contributed by atoms with Gasteiger partial charge in [-0.25, -0.2) is 0 Å². The number of nitrogens with zero attached hydrogens (tertiary/aromatic N) is 5. The minimum absolute atomic E-state index is 0.123. The molecule has 7 N–H and O–H groups in total. The fraction of sp³-hybridized carbons (Fsp3) is 0.889. The Bertz CT molecular complexity index is 938. The monoisotopic (exact) mass is 581 g/mol. The Morgan fingerprint density at radius 1 is 0.950 bits per heavy atom. The number of hydrogen-bond donors (Lipinski definition) is 6. The predicted octanol–water partition coefficient (Wildman–Crippen LogP) is 2.26. The van der Waals surface area contributed by atoms with Crippen LogP contribution in [0.5, 0.6) is 0 Å². The summed E-state index contributed by atoms with van der Waals surface area (Å²) in [5.74, 6) is 2.65. The van der Waals surface area contributed by atoms with Gasteiger partial charge in [-0.15, -0.1) is 0 Å². The molecule has 4 rings (SSSR count). The number of anilines is 3. The minimum atomic E-state index is -4.00. The molecule has 1 aromatic heterocycles. The average Bonchev–Trinajstić information content (AvgIpc) is 2.93. The second-order valence-corrected chi connectivity index (χ2v) is 13.9. The van der Waals surface area contributed by atoms with Gasteiger partial charge < -0.3 is 36.4 Å². The summed E-state index contributed by atoms with van der Waals surface area (Å²) in [6.07, 6.45) is 12.9. The number of nitrogen functional groups attached to an aromatic ring is 1. The first-order chi connectivity index (χ1) is 19.2. The molecule has 13 heteroatoms. The van der Waals surface area contributed by atoms with E-state index >= 15 is 0 Å². The van der Waals surface area contributed by atoms with E-state index in [0.717, 1.165) is 38.1 Å². The molecule has 0 amide bonds. The van der Waals surface area contributed by atoms with Crippen molar-refractivity contribution in [2.75, 3.05) is 74.5 Å². The van der Waals surface area contributed by atoms with Crippen molar-refractivity contribution in [1.82, 2.24) is 30.5 Å². The van der Waals surface area contributed by atoms with Gasteiger partial charge in [0.1, 0.15) is 0 Å². The van der Waals surface area contributed by atoms with Crippen molar-refractivity contribution in [3.63, 3.8) is 0 Å². The summed E-state index contributed by atoms with van der Waals surface area (Å²) < 4.78 is 11.3. The van der Waals surface area contributed by atoms with Crippen molar-refractivity contribution in [2.45, 2.75) is 83.2 Å². The Hall–Kier alpha value is -1.56. The van der Waals surface area contributed by atoms with Gasteiger partial charge in [0.05, 0.1) is 6.16 Å². The molecule has 0 bridgehead atoms. The average molecular weight is 582 g/mol. The second-order valence-electron chi connectivity index (χ2n) is 12.2. The number of hydrogen-bond acceptors (Lipinski definition) is 10. The molecule has 40 heavy (non-hydrogen) atoms. The van der Waals surface area contributed by atoms with Crippen LogP contribution in [-0.2, 0) is 4.57 Å². The molecule has 0 aromatic carbocycles. The summed E-state index contributed by atoms with van der Waals surface area (Å²) in [4.78, 5) is 35.9. The van der Waals surface area contributed by atoms with Crippen molar-refractivity contribution < 1.29 is 14.4 Å². The quantitative estimate of drug-likeness (QED) is 0.140. The minimum Gasteiger partial charge on any atom is -0.368 e. The normalized spacial score (nSPS) is 25.3. The van der Waals surface area contributed by atoms with Crippen molar-refractivity contribution in [1.29, 1.82) is 0 Å². The molecule has 1 aromatic rings. The molecule has 0 radical (unpaired) electrons. The molecule has 2 saturated carbocycles. The van der Waals surface area contributed by atoms with Gasteiger partial charge in [-0.05, 0) is 83.3 Å². The summed E-state index contributed by atoms with van der Waals surface area (Å²) in [6, 6.07) is 0.880. The van der Waals surface area contributed by atoms with Crippen LogP contribution in [0.3, 0.4) is 0 Å². The van der Waals surface area contributed by atoms with E-state index in [2.05, 4.69) is 47.6 Å². The highest BCUT2D eigenvalue weighted by Crippen LogP contribution is 2.34. The van der Waals surface area contributed by atoms with E-state index in [9.17, 15) is 14.4 Å². The van der Waals surface area contributed by atoms with Crippen molar-refractivity contribution >= 4 is 25.4 Å². The van der Waals surface area contributed by atoms with E-state index in [4.69, 9.17) is 5.73 Å². The number of rotatable bonds is 14. The lowest BCUT2D eigenvalue weighted by molar-refractivity contribution is 0.196. The van der Waals surface area contributed by atoms with E-state index in [1.165, 1.54) is 64.2 Å². The van der Waals surface area contributed by atoms with E-state index in [-0.39, 0.29) is 18.2 Å². The maximum absolute atomic E-state index is 11.3. The zero-order chi connectivity index (χ0) is 28.4. The van der Waals surface area contributed by atoms with Crippen molar-refractivity contribution in [3.05, 3.63) is 0 Å². The fourth-order valence-electron chi connectivity index (χ4n) is 6.38. The van der Waals surface area contributed by atoms with E-state index in [1.807, 2.05) is 0 Å². The molecule has 12 nitrogen and oxygen atoms in total. The summed E-state index contributed by atoms with van der Waals surface area (Å²) in [6.45, 7) is 8.65. The SMILES string of the molecule is C[C@@H]1CN(c2nc(N)nc(NC[C@H]3CC[C@H](CNCCCNC4CCCCC4)CC3)n2)CCN1CCP(=O)(O)O. The third kappa shape index (κ3) is 10.7. The Morgan fingerprint density at radius 2 is 1.68 bits per heavy atom. The molecule has 1 saturated heterocycles. The van der Waals surface area contributed by atoms with Gasteiger partial charge in [-0.1, -0.05) is 19.3 Å². The second kappa shape index (κ2) is 15.6. The van der Waals surface area contributed by atoms with Gasteiger partial charge in [-0.2, -0.15) is 15.0 Å². The van der Waals surface area contributed by atoms with E-state index < -0.39 is 7.60 Å². The molecule has 3 aliphatic rings. The first-order valence-corrected chi connectivity index (χ1v) is 17.3. The predicted molar refractivity (Wildman–Crippen MR) is 161 cm³/mol. The van der Waals surface area contributed by atoms with Crippen LogP contribution in [0, 0.1) is 11.8 Å². The van der Waals surface area contributed by atoms with Crippen molar-refractivity contribution in [3.8, 4) is 0 Å². The Labute approximate surface area is 239 Å². The fourth-order valence-corrected chi connectivity index (χ4v) is 6.89. The maximum Gasteiger partial charge on any atom is 0.326 e. The smallest absolute Gasteiger partial charge is 0.326 e. The summed E-state index contributed by atoms with van der Waals surface area (Å²) >= 11 is 0. The molecular formula is C27H52N9O3P. The van der Waals surface area contributed by atoms with Gasteiger partial charge in [0.25, 0.3) is 0 Å². The van der Waals surface area contributed by atoms with Crippen LogP contribution in [0.2, 0.25) is 0 Å². The van der Waals surface area contributed by atoms with Gasteiger partial charge in [0.2, 0.25) is 17.8 Å². The number of nitrogens with one attached hydrogen (secondary N) is 3.